The lowest BCUT2D eigenvalue weighted by atomic mass is 10.1. The van der Waals surface area contributed by atoms with Gasteiger partial charge in [-0.15, -0.1) is 0 Å². The molecule has 0 aliphatic carbocycles. The van der Waals surface area contributed by atoms with E-state index in [-0.39, 0.29) is 21.3 Å². The number of carboxylic acid groups (broad SMARTS) is 1. The summed E-state index contributed by atoms with van der Waals surface area (Å²) in [4.78, 5) is 23.4. The van der Waals surface area contributed by atoms with Crippen LogP contribution in [-0.4, -0.2) is 17.0 Å². The number of carbonyl (C=O) groups is 2. The molecule has 108 valence electrons. The predicted octanol–water partition coefficient (Wildman–Crippen LogP) is 4.25. The first-order valence-corrected chi connectivity index (χ1v) is 6.74. The molecule has 0 fully saturated rings. The number of aromatic carboxylic acids is 1. The van der Waals surface area contributed by atoms with Crippen molar-refractivity contribution >= 4 is 40.8 Å². The smallest absolute Gasteiger partial charge is 0.337 e. The Labute approximate surface area is 131 Å². The van der Waals surface area contributed by atoms with Crippen LogP contribution >= 0.6 is 23.2 Å². The van der Waals surface area contributed by atoms with E-state index in [2.05, 4.69) is 5.32 Å². The molecule has 0 aromatic heterocycles. The second-order valence-corrected chi connectivity index (χ2v) is 5.28. The standard InChI is InChI=1S/C15H11Cl2NO3/c1-8-2-4-9(5-3-8)14(19)18-13-11(15(20)21)6-10(16)7-12(13)17/h2-7H,1H3,(H,18,19)(H,20,21). The minimum absolute atomic E-state index is 0.0270. The Kier molecular flexibility index (Phi) is 4.50. The molecule has 6 heteroatoms. The normalized spacial score (nSPS) is 10.2. The van der Waals surface area contributed by atoms with E-state index >= 15 is 0 Å². The number of halogens is 2. The molecule has 0 atom stereocenters. The summed E-state index contributed by atoms with van der Waals surface area (Å²) >= 11 is 11.7. The van der Waals surface area contributed by atoms with E-state index in [0.717, 1.165) is 5.56 Å². The number of carbonyl (C=O) groups excluding carboxylic acids is 1. The van der Waals surface area contributed by atoms with E-state index in [4.69, 9.17) is 28.3 Å². The molecule has 21 heavy (non-hydrogen) atoms. The first kappa shape index (κ1) is 15.4. The highest BCUT2D eigenvalue weighted by Crippen LogP contribution is 2.30. The number of benzene rings is 2. The lowest BCUT2D eigenvalue weighted by Gasteiger charge is -2.11. The molecular weight excluding hydrogens is 313 g/mol. The molecule has 0 radical (unpaired) electrons. The van der Waals surface area contributed by atoms with Crippen molar-refractivity contribution in [2.75, 3.05) is 5.32 Å². The molecule has 1 amide bonds. The fourth-order valence-corrected chi connectivity index (χ4v) is 2.30. The Hall–Kier alpha value is -2.04. The van der Waals surface area contributed by atoms with Gasteiger partial charge in [0.25, 0.3) is 5.91 Å². The van der Waals surface area contributed by atoms with E-state index in [1.165, 1.54) is 12.1 Å². The van der Waals surface area contributed by atoms with E-state index < -0.39 is 11.9 Å². The Bertz CT molecular complexity index is 712. The van der Waals surface area contributed by atoms with Gasteiger partial charge in [0.2, 0.25) is 0 Å². The highest BCUT2D eigenvalue weighted by atomic mass is 35.5. The number of hydrogen-bond acceptors (Lipinski definition) is 2. The average Bonchev–Trinajstić information content (AvgIpc) is 2.41. The van der Waals surface area contributed by atoms with Gasteiger partial charge in [0.15, 0.2) is 0 Å². The number of rotatable bonds is 3. The summed E-state index contributed by atoms with van der Waals surface area (Å²) in [6.07, 6.45) is 0. The van der Waals surface area contributed by atoms with Crippen LogP contribution in [0.25, 0.3) is 0 Å². The quantitative estimate of drug-likeness (QED) is 0.887. The highest BCUT2D eigenvalue weighted by molar-refractivity contribution is 6.38. The number of hydrogen-bond donors (Lipinski definition) is 2. The molecule has 0 aliphatic rings. The lowest BCUT2D eigenvalue weighted by Crippen LogP contribution is -2.15. The number of anilines is 1. The van der Waals surface area contributed by atoms with Crippen molar-refractivity contribution < 1.29 is 14.7 Å². The largest absolute Gasteiger partial charge is 0.478 e. The van der Waals surface area contributed by atoms with Gasteiger partial charge >= 0.3 is 5.97 Å². The third-order valence-electron chi connectivity index (χ3n) is 2.84. The van der Waals surface area contributed by atoms with Crippen molar-refractivity contribution in [2.24, 2.45) is 0 Å². The van der Waals surface area contributed by atoms with Gasteiger partial charge in [0.05, 0.1) is 16.3 Å². The molecule has 4 nitrogen and oxygen atoms in total. The number of nitrogens with one attached hydrogen (secondary N) is 1. The summed E-state index contributed by atoms with van der Waals surface area (Å²) in [5.41, 5.74) is 1.29. The average molecular weight is 324 g/mol. The van der Waals surface area contributed by atoms with Crippen LogP contribution in [0.15, 0.2) is 36.4 Å². The van der Waals surface area contributed by atoms with Crippen LogP contribution in [0.2, 0.25) is 10.0 Å². The number of amides is 1. The Balaban J connectivity index is 2.37. The molecule has 0 bridgehead atoms. The predicted molar refractivity (Wildman–Crippen MR) is 82.6 cm³/mol. The van der Waals surface area contributed by atoms with Crippen LogP contribution in [0.5, 0.6) is 0 Å². The molecule has 0 saturated carbocycles. The minimum atomic E-state index is -1.22. The van der Waals surface area contributed by atoms with Gasteiger partial charge in [0.1, 0.15) is 0 Å². The fourth-order valence-electron chi connectivity index (χ4n) is 1.76. The van der Waals surface area contributed by atoms with Crippen LogP contribution in [0.1, 0.15) is 26.3 Å². The van der Waals surface area contributed by atoms with Crippen LogP contribution < -0.4 is 5.32 Å². The molecule has 0 spiro atoms. The van der Waals surface area contributed by atoms with E-state index in [0.29, 0.717) is 5.56 Å². The fraction of sp³-hybridized carbons (Fsp3) is 0.0667. The first-order chi connectivity index (χ1) is 9.88. The van der Waals surface area contributed by atoms with Crippen molar-refractivity contribution in [3.05, 3.63) is 63.1 Å². The molecule has 2 aromatic rings. The van der Waals surface area contributed by atoms with E-state index in [1.807, 2.05) is 6.92 Å². The molecule has 0 heterocycles. The van der Waals surface area contributed by atoms with Crippen molar-refractivity contribution in [2.45, 2.75) is 6.92 Å². The van der Waals surface area contributed by atoms with Gasteiger partial charge in [-0.05, 0) is 31.2 Å². The van der Waals surface area contributed by atoms with Crippen molar-refractivity contribution in [3.63, 3.8) is 0 Å². The van der Waals surface area contributed by atoms with Crippen LogP contribution in [0.3, 0.4) is 0 Å². The highest BCUT2D eigenvalue weighted by Gasteiger charge is 2.18. The van der Waals surface area contributed by atoms with Crippen molar-refractivity contribution in [1.82, 2.24) is 0 Å². The second-order valence-electron chi connectivity index (χ2n) is 4.44. The molecule has 2 rings (SSSR count). The maximum atomic E-state index is 12.1. The molecular formula is C15H11Cl2NO3. The van der Waals surface area contributed by atoms with Crippen molar-refractivity contribution in [3.8, 4) is 0 Å². The Morgan fingerprint density at radius 3 is 2.29 bits per heavy atom. The number of carboxylic acids is 1. The topological polar surface area (TPSA) is 66.4 Å². The van der Waals surface area contributed by atoms with E-state index in [1.54, 1.807) is 24.3 Å². The third kappa shape index (κ3) is 3.54. The summed E-state index contributed by atoms with van der Waals surface area (Å²) in [7, 11) is 0. The Morgan fingerprint density at radius 1 is 1.10 bits per heavy atom. The van der Waals surface area contributed by atoms with Gasteiger partial charge in [0, 0.05) is 10.6 Å². The van der Waals surface area contributed by atoms with Crippen LogP contribution in [0.4, 0.5) is 5.69 Å². The van der Waals surface area contributed by atoms with Crippen LogP contribution in [-0.2, 0) is 0 Å². The zero-order valence-corrected chi connectivity index (χ0v) is 12.5. The van der Waals surface area contributed by atoms with Gasteiger partial charge in [-0.3, -0.25) is 4.79 Å². The molecule has 2 N–H and O–H groups in total. The zero-order valence-electron chi connectivity index (χ0n) is 11.0. The van der Waals surface area contributed by atoms with Crippen LogP contribution in [0, 0.1) is 6.92 Å². The summed E-state index contributed by atoms with van der Waals surface area (Å²) in [6.45, 7) is 1.90. The summed E-state index contributed by atoms with van der Waals surface area (Å²) in [6, 6.07) is 9.48. The summed E-state index contributed by atoms with van der Waals surface area (Å²) in [5.74, 6) is -1.67. The molecule has 0 saturated heterocycles. The zero-order chi connectivity index (χ0) is 15.6. The number of aryl methyl sites for hydroxylation is 1. The van der Waals surface area contributed by atoms with Gasteiger partial charge < -0.3 is 10.4 Å². The van der Waals surface area contributed by atoms with Crippen molar-refractivity contribution in [1.29, 1.82) is 0 Å². The second kappa shape index (κ2) is 6.16. The molecule has 0 aliphatic heterocycles. The monoisotopic (exact) mass is 323 g/mol. The first-order valence-electron chi connectivity index (χ1n) is 5.99. The lowest BCUT2D eigenvalue weighted by molar-refractivity contribution is 0.0698. The third-order valence-corrected chi connectivity index (χ3v) is 3.35. The van der Waals surface area contributed by atoms with Gasteiger partial charge in [-0.2, -0.15) is 0 Å². The van der Waals surface area contributed by atoms with E-state index in [9.17, 15) is 9.59 Å². The summed E-state index contributed by atoms with van der Waals surface area (Å²) in [5, 5.41) is 11.9. The SMILES string of the molecule is Cc1ccc(C(=O)Nc2c(Cl)cc(Cl)cc2C(=O)O)cc1. The Morgan fingerprint density at radius 2 is 1.71 bits per heavy atom. The van der Waals surface area contributed by atoms with Gasteiger partial charge in [-0.25, -0.2) is 4.79 Å². The maximum absolute atomic E-state index is 12.1. The van der Waals surface area contributed by atoms with Gasteiger partial charge in [-0.1, -0.05) is 40.9 Å². The molecule has 2 aromatic carbocycles. The minimum Gasteiger partial charge on any atom is -0.478 e. The molecule has 0 unspecified atom stereocenters. The maximum Gasteiger partial charge on any atom is 0.337 e. The summed E-state index contributed by atoms with van der Waals surface area (Å²) < 4.78 is 0.